The molecule has 0 aliphatic carbocycles. The first-order chi connectivity index (χ1) is 10.7. The maximum absolute atomic E-state index is 11.0. The molecule has 0 radical (unpaired) electrons. The van der Waals surface area contributed by atoms with Gasteiger partial charge in [0.1, 0.15) is 5.76 Å². The van der Waals surface area contributed by atoms with E-state index in [2.05, 4.69) is 34.6 Å². The molecular formula is C18H31O4Si+. The number of hydrogen-bond donors (Lipinski definition) is 2. The number of aliphatic hydroxyl groups excluding tert-OH is 1. The van der Waals surface area contributed by atoms with E-state index in [4.69, 9.17) is 9.52 Å². The van der Waals surface area contributed by atoms with Crippen molar-refractivity contribution in [2.24, 2.45) is 0 Å². The summed E-state index contributed by atoms with van der Waals surface area (Å²) in [5.74, 6) is -0.426. The summed E-state index contributed by atoms with van der Waals surface area (Å²) >= 11 is 0. The molecule has 0 bridgehead atoms. The molecule has 1 rings (SSSR count). The van der Waals surface area contributed by atoms with Crippen molar-refractivity contribution in [3.05, 3.63) is 23.2 Å². The molecule has 2 N–H and O–H groups in total. The topological polar surface area (TPSA) is 70.7 Å². The van der Waals surface area contributed by atoms with E-state index in [1.807, 2.05) is 6.92 Å². The van der Waals surface area contributed by atoms with E-state index in [1.54, 1.807) is 0 Å². The fraction of sp³-hybridized carbons (Fsp3) is 0.722. The van der Waals surface area contributed by atoms with Crippen LogP contribution in [0, 0.1) is 0 Å². The number of aromatic carboxylic acids is 1. The summed E-state index contributed by atoms with van der Waals surface area (Å²) in [6.07, 6.45) is 2.06. The molecule has 0 aliphatic heterocycles. The average molecular weight is 340 g/mol. The third-order valence-electron chi connectivity index (χ3n) is 4.61. The van der Waals surface area contributed by atoms with E-state index in [9.17, 15) is 9.90 Å². The van der Waals surface area contributed by atoms with Crippen molar-refractivity contribution >= 4 is 14.8 Å². The smallest absolute Gasteiger partial charge is 0.371 e. The Balaban J connectivity index is 2.76. The molecule has 0 spiro atoms. The Labute approximate surface area is 141 Å². The summed E-state index contributed by atoms with van der Waals surface area (Å²) in [6, 6.07) is 1.44. The standard InChI is InChI=1S/C18H30O4Si/c1-11(2)23(12(3)4)14(6)8-7-13(5)17-15(10-19)9-16(22-17)18(20)21/h9,11-14,19H,7-8,10H2,1-6H3/p+1. The van der Waals surface area contributed by atoms with Crippen LogP contribution < -0.4 is 0 Å². The first kappa shape index (κ1) is 20.0. The van der Waals surface area contributed by atoms with Gasteiger partial charge in [0.2, 0.25) is 5.76 Å². The second kappa shape index (κ2) is 8.69. The van der Waals surface area contributed by atoms with Crippen molar-refractivity contribution in [1.29, 1.82) is 0 Å². The number of carboxylic acid groups (broad SMARTS) is 1. The maximum atomic E-state index is 11.0. The molecule has 1 aromatic rings. The van der Waals surface area contributed by atoms with Crippen LogP contribution in [-0.4, -0.2) is 25.0 Å². The number of hydrogen-bond acceptors (Lipinski definition) is 3. The Morgan fingerprint density at radius 3 is 2.13 bits per heavy atom. The molecule has 2 atom stereocenters. The second-order valence-corrected chi connectivity index (χ2v) is 11.4. The third kappa shape index (κ3) is 5.21. The highest BCUT2D eigenvalue weighted by Gasteiger charge is 2.40. The number of aliphatic hydroxyl groups is 1. The quantitative estimate of drug-likeness (QED) is 0.617. The summed E-state index contributed by atoms with van der Waals surface area (Å²) in [6.45, 7) is 13.5. The van der Waals surface area contributed by atoms with Crippen LogP contribution in [0.1, 0.15) is 82.2 Å². The second-order valence-electron chi connectivity index (χ2n) is 7.15. The zero-order valence-corrected chi connectivity index (χ0v) is 16.2. The fourth-order valence-electron chi connectivity index (χ4n) is 3.69. The Morgan fingerprint density at radius 1 is 1.13 bits per heavy atom. The fourth-order valence-corrected chi connectivity index (χ4v) is 7.80. The van der Waals surface area contributed by atoms with Crippen LogP contribution in [0.3, 0.4) is 0 Å². The number of carboxylic acids is 1. The van der Waals surface area contributed by atoms with Crippen LogP contribution in [0.2, 0.25) is 16.6 Å². The average Bonchev–Trinajstić information content (AvgIpc) is 2.88. The van der Waals surface area contributed by atoms with Gasteiger partial charge in [-0.05, 0) is 53.5 Å². The number of furan rings is 1. The molecule has 0 saturated heterocycles. The summed E-state index contributed by atoms with van der Waals surface area (Å²) in [7, 11) is -0.431. The van der Waals surface area contributed by atoms with Gasteiger partial charge < -0.3 is 14.6 Å². The SMILES string of the molecule is CC(CCC(C)[Si+](C(C)C)C(C)C)c1oc(C(=O)O)cc1CO. The lowest BCUT2D eigenvalue weighted by Gasteiger charge is -2.18. The van der Waals surface area contributed by atoms with E-state index < -0.39 is 14.8 Å². The van der Waals surface area contributed by atoms with Gasteiger partial charge in [-0.15, -0.1) is 0 Å². The van der Waals surface area contributed by atoms with Gasteiger partial charge in [0.25, 0.3) is 0 Å². The Hall–Kier alpha value is -1.07. The van der Waals surface area contributed by atoms with E-state index in [0.29, 0.717) is 16.9 Å². The summed E-state index contributed by atoms with van der Waals surface area (Å²) < 4.78 is 5.47. The summed E-state index contributed by atoms with van der Waals surface area (Å²) in [5, 5.41) is 18.5. The van der Waals surface area contributed by atoms with Gasteiger partial charge in [0, 0.05) is 11.5 Å². The molecule has 0 fully saturated rings. The van der Waals surface area contributed by atoms with Gasteiger partial charge in [-0.25, -0.2) is 4.79 Å². The first-order valence-electron chi connectivity index (χ1n) is 8.52. The van der Waals surface area contributed by atoms with Crippen molar-refractivity contribution in [1.82, 2.24) is 0 Å². The van der Waals surface area contributed by atoms with Crippen molar-refractivity contribution in [3.8, 4) is 0 Å². The molecule has 23 heavy (non-hydrogen) atoms. The summed E-state index contributed by atoms with van der Waals surface area (Å²) in [5.41, 5.74) is 2.80. The van der Waals surface area contributed by atoms with Crippen LogP contribution in [-0.2, 0) is 6.61 Å². The monoisotopic (exact) mass is 339 g/mol. The highest BCUT2D eigenvalue weighted by atomic mass is 28.3. The third-order valence-corrected chi connectivity index (χ3v) is 8.70. The molecule has 130 valence electrons. The van der Waals surface area contributed by atoms with Crippen LogP contribution >= 0.6 is 0 Å². The normalized spacial score (nSPS) is 14.3. The summed E-state index contributed by atoms with van der Waals surface area (Å²) in [4.78, 5) is 11.0. The molecule has 1 aromatic heterocycles. The van der Waals surface area contributed by atoms with Gasteiger partial charge in [-0.3, -0.25) is 0 Å². The zero-order chi connectivity index (χ0) is 17.7. The van der Waals surface area contributed by atoms with E-state index in [0.717, 1.165) is 23.9 Å². The Morgan fingerprint density at radius 2 is 1.70 bits per heavy atom. The lowest BCUT2D eigenvalue weighted by atomic mass is 9.99. The van der Waals surface area contributed by atoms with Crippen molar-refractivity contribution in [2.75, 3.05) is 0 Å². The molecule has 0 aliphatic rings. The molecular weight excluding hydrogens is 308 g/mol. The minimum absolute atomic E-state index is 0.0851. The van der Waals surface area contributed by atoms with E-state index in [-0.39, 0.29) is 18.3 Å². The van der Waals surface area contributed by atoms with Crippen LogP contribution in [0.5, 0.6) is 0 Å². The van der Waals surface area contributed by atoms with Crippen molar-refractivity contribution in [3.63, 3.8) is 0 Å². The van der Waals surface area contributed by atoms with Crippen LogP contribution in [0.4, 0.5) is 0 Å². The molecule has 5 heteroatoms. The van der Waals surface area contributed by atoms with Gasteiger partial charge in [0.05, 0.1) is 23.2 Å². The number of carbonyl (C=O) groups is 1. The van der Waals surface area contributed by atoms with E-state index >= 15 is 0 Å². The van der Waals surface area contributed by atoms with Crippen LogP contribution in [0.15, 0.2) is 10.5 Å². The van der Waals surface area contributed by atoms with Gasteiger partial charge >= 0.3 is 14.8 Å². The minimum atomic E-state index is -1.09. The van der Waals surface area contributed by atoms with Crippen molar-refractivity contribution < 1.29 is 19.4 Å². The van der Waals surface area contributed by atoms with Gasteiger partial charge in [-0.1, -0.05) is 6.92 Å². The maximum Gasteiger partial charge on any atom is 0.371 e. The predicted octanol–water partition coefficient (Wildman–Crippen LogP) is 5.06. The molecule has 0 saturated carbocycles. The Bertz CT molecular complexity index is 499. The number of rotatable bonds is 9. The lowest BCUT2D eigenvalue weighted by molar-refractivity contribution is 0.0659. The van der Waals surface area contributed by atoms with Gasteiger partial charge in [-0.2, -0.15) is 0 Å². The highest BCUT2D eigenvalue weighted by molar-refractivity contribution is 6.63. The van der Waals surface area contributed by atoms with E-state index in [1.165, 1.54) is 6.07 Å². The highest BCUT2D eigenvalue weighted by Crippen LogP contribution is 2.36. The molecule has 0 amide bonds. The molecule has 1 heterocycles. The van der Waals surface area contributed by atoms with Crippen LogP contribution in [0.25, 0.3) is 0 Å². The molecule has 4 nitrogen and oxygen atoms in total. The Kier molecular flexibility index (Phi) is 7.54. The largest absolute Gasteiger partial charge is 0.475 e. The molecule has 0 aromatic carbocycles. The zero-order valence-electron chi connectivity index (χ0n) is 15.2. The predicted molar refractivity (Wildman–Crippen MR) is 94.6 cm³/mol. The first-order valence-corrected chi connectivity index (χ1v) is 10.3. The molecule has 2 unspecified atom stereocenters. The minimum Gasteiger partial charge on any atom is -0.475 e. The lowest BCUT2D eigenvalue weighted by Crippen LogP contribution is -2.26. The van der Waals surface area contributed by atoms with Gasteiger partial charge in [0.15, 0.2) is 0 Å². The van der Waals surface area contributed by atoms with Crippen molar-refractivity contribution in [2.45, 2.75) is 83.5 Å².